The molecule has 1 heterocycles. The molecular weight excluding hydrogens is 290 g/mol. The Morgan fingerprint density at radius 1 is 1.17 bits per heavy atom. The summed E-state index contributed by atoms with van der Waals surface area (Å²) in [6.45, 7) is 7.38. The van der Waals surface area contributed by atoms with Gasteiger partial charge < -0.3 is 4.57 Å². The molecule has 0 aliphatic heterocycles. The Labute approximate surface area is 116 Å². The van der Waals surface area contributed by atoms with Crippen LogP contribution in [-0.2, 0) is 11.9 Å². The molecule has 4 heteroatoms. The molecule has 0 aliphatic carbocycles. The van der Waals surface area contributed by atoms with Crippen LogP contribution < -0.4 is 0 Å². The molecule has 0 spiro atoms. The number of aryl methyl sites for hydroxylation is 2. The zero-order chi connectivity index (χ0) is 13.1. The largest absolute Gasteiger partial charge is 0.310 e. The first-order valence-electron chi connectivity index (χ1n) is 6.23. The Morgan fingerprint density at radius 3 is 2.56 bits per heavy atom. The second kappa shape index (κ2) is 5.65. The van der Waals surface area contributed by atoms with Crippen LogP contribution in [0.5, 0.6) is 0 Å². The molecular formula is C14H18BrN3. The molecule has 0 N–H and O–H groups in total. The van der Waals surface area contributed by atoms with Crippen molar-refractivity contribution in [2.24, 2.45) is 0 Å². The number of hydrogen-bond acceptors (Lipinski definition) is 2. The van der Waals surface area contributed by atoms with Crippen molar-refractivity contribution in [3.8, 4) is 11.4 Å². The highest BCUT2D eigenvalue weighted by Crippen LogP contribution is 2.22. The van der Waals surface area contributed by atoms with E-state index < -0.39 is 0 Å². The zero-order valence-corrected chi connectivity index (χ0v) is 12.7. The zero-order valence-electron chi connectivity index (χ0n) is 11.1. The summed E-state index contributed by atoms with van der Waals surface area (Å²) in [5, 5.41) is 9.32. The van der Waals surface area contributed by atoms with Crippen LogP contribution in [0.1, 0.15) is 30.3 Å². The Morgan fingerprint density at radius 2 is 1.94 bits per heavy atom. The van der Waals surface area contributed by atoms with E-state index in [9.17, 15) is 0 Å². The van der Waals surface area contributed by atoms with Gasteiger partial charge in [0.1, 0.15) is 5.82 Å². The van der Waals surface area contributed by atoms with Gasteiger partial charge in [-0.15, -0.1) is 10.2 Å². The quantitative estimate of drug-likeness (QED) is 0.803. The lowest BCUT2D eigenvalue weighted by molar-refractivity contribution is 0.661. The standard InChI is InChI=1S/C14H18BrN3/c1-4-7-18-13(9-15)16-17-14(18)12-6-5-10(2)11(3)8-12/h5-6,8H,4,7,9H2,1-3H3. The van der Waals surface area contributed by atoms with Crippen molar-refractivity contribution in [2.45, 2.75) is 39.1 Å². The lowest BCUT2D eigenvalue weighted by Crippen LogP contribution is -2.04. The number of aromatic nitrogens is 3. The number of nitrogens with zero attached hydrogens (tertiary/aromatic N) is 3. The third kappa shape index (κ3) is 2.48. The first-order valence-corrected chi connectivity index (χ1v) is 7.35. The maximum atomic E-state index is 4.33. The lowest BCUT2D eigenvalue weighted by atomic mass is 10.1. The summed E-state index contributed by atoms with van der Waals surface area (Å²) in [7, 11) is 0. The fourth-order valence-corrected chi connectivity index (χ4v) is 2.40. The number of benzene rings is 1. The summed E-state index contributed by atoms with van der Waals surface area (Å²) in [6, 6.07) is 6.45. The molecule has 18 heavy (non-hydrogen) atoms. The van der Waals surface area contributed by atoms with Crippen molar-refractivity contribution in [2.75, 3.05) is 0 Å². The molecule has 2 rings (SSSR count). The van der Waals surface area contributed by atoms with E-state index in [0.29, 0.717) is 0 Å². The van der Waals surface area contributed by atoms with Gasteiger partial charge in [-0.1, -0.05) is 35.0 Å². The van der Waals surface area contributed by atoms with E-state index in [0.717, 1.165) is 35.5 Å². The second-order valence-corrected chi connectivity index (χ2v) is 5.08. The number of halogens is 1. The molecule has 96 valence electrons. The summed E-state index contributed by atoms with van der Waals surface area (Å²) in [6.07, 6.45) is 1.08. The highest BCUT2D eigenvalue weighted by atomic mass is 79.9. The maximum absolute atomic E-state index is 4.33. The van der Waals surface area contributed by atoms with Crippen LogP contribution in [0.25, 0.3) is 11.4 Å². The fourth-order valence-electron chi connectivity index (χ4n) is 1.99. The molecule has 0 fully saturated rings. The van der Waals surface area contributed by atoms with Crippen LogP contribution >= 0.6 is 15.9 Å². The predicted octanol–water partition coefficient (Wildman–Crippen LogP) is 3.87. The summed E-state index contributed by atoms with van der Waals surface area (Å²) in [5.74, 6) is 1.96. The van der Waals surface area contributed by atoms with Gasteiger partial charge in [-0.2, -0.15) is 0 Å². The first kappa shape index (κ1) is 13.3. The van der Waals surface area contributed by atoms with Crippen LogP contribution in [0.2, 0.25) is 0 Å². The van der Waals surface area contributed by atoms with E-state index in [1.54, 1.807) is 0 Å². The Hall–Kier alpha value is -1.16. The fraction of sp³-hybridized carbons (Fsp3) is 0.429. The molecule has 0 saturated heterocycles. The van der Waals surface area contributed by atoms with Gasteiger partial charge in [-0.05, 0) is 37.5 Å². The minimum Gasteiger partial charge on any atom is -0.310 e. The van der Waals surface area contributed by atoms with E-state index in [-0.39, 0.29) is 0 Å². The van der Waals surface area contributed by atoms with Gasteiger partial charge in [0.2, 0.25) is 0 Å². The Bertz CT molecular complexity index is 546. The van der Waals surface area contributed by atoms with Crippen molar-refractivity contribution < 1.29 is 0 Å². The number of alkyl halides is 1. The topological polar surface area (TPSA) is 30.7 Å². The van der Waals surface area contributed by atoms with Crippen molar-refractivity contribution in [1.29, 1.82) is 0 Å². The Balaban J connectivity index is 2.49. The number of hydrogen-bond donors (Lipinski definition) is 0. The number of rotatable bonds is 4. The van der Waals surface area contributed by atoms with Gasteiger partial charge in [-0.3, -0.25) is 0 Å². The summed E-state index contributed by atoms with van der Waals surface area (Å²) < 4.78 is 2.19. The lowest BCUT2D eigenvalue weighted by Gasteiger charge is -2.09. The normalized spacial score (nSPS) is 10.9. The van der Waals surface area contributed by atoms with Gasteiger partial charge in [0.05, 0.1) is 5.33 Å². The molecule has 0 aliphatic rings. The minimum absolute atomic E-state index is 0.741. The van der Waals surface area contributed by atoms with E-state index in [2.05, 4.69) is 69.7 Å². The predicted molar refractivity (Wildman–Crippen MR) is 77.9 cm³/mol. The molecule has 0 bridgehead atoms. The molecule has 0 amide bonds. The van der Waals surface area contributed by atoms with Crippen LogP contribution in [0.4, 0.5) is 0 Å². The van der Waals surface area contributed by atoms with Crippen LogP contribution in [0, 0.1) is 13.8 Å². The summed E-state index contributed by atoms with van der Waals surface area (Å²) in [4.78, 5) is 0. The van der Waals surface area contributed by atoms with Crippen LogP contribution in [-0.4, -0.2) is 14.8 Å². The maximum Gasteiger partial charge on any atom is 0.163 e. The van der Waals surface area contributed by atoms with E-state index in [1.165, 1.54) is 11.1 Å². The van der Waals surface area contributed by atoms with Gasteiger partial charge in [0, 0.05) is 12.1 Å². The van der Waals surface area contributed by atoms with E-state index in [1.807, 2.05) is 0 Å². The molecule has 0 atom stereocenters. The molecule has 3 nitrogen and oxygen atoms in total. The molecule has 1 aromatic carbocycles. The van der Waals surface area contributed by atoms with Gasteiger partial charge in [0.25, 0.3) is 0 Å². The third-order valence-electron chi connectivity index (χ3n) is 3.16. The smallest absolute Gasteiger partial charge is 0.163 e. The molecule has 1 aromatic heterocycles. The molecule has 0 radical (unpaired) electrons. The average molecular weight is 308 g/mol. The summed E-state index contributed by atoms with van der Waals surface area (Å²) in [5.41, 5.74) is 3.74. The minimum atomic E-state index is 0.741. The van der Waals surface area contributed by atoms with Crippen molar-refractivity contribution >= 4 is 15.9 Å². The van der Waals surface area contributed by atoms with E-state index in [4.69, 9.17) is 0 Å². The molecule has 0 saturated carbocycles. The van der Waals surface area contributed by atoms with Crippen molar-refractivity contribution in [1.82, 2.24) is 14.8 Å². The van der Waals surface area contributed by atoms with Crippen molar-refractivity contribution in [3.05, 3.63) is 35.2 Å². The van der Waals surface area contributed by atoms with Gasteiger partial charge >= 0.3 is 0 Å². The monoisotopic (exact) mass is 307 g/mol. The van der Waals surface area contributed by atoms with Gasteiger partial charge in [0.15, 0.2) is 5.82 Å². The van der Waals surface area contributed by atoms with Crippen LogP contribution in [0.3, 0.4) is 0 Å². The van der Waals surface area contributed by atoms with Crippen LogP contribution in [0.15, 0.2) is 18.2 Å². The Kier molecular flexibility index (Phi) is 4.17. The third-order valence-corrected chi connectivity index (χ3v) is 3.66. The molecule has 2 aromatic rings. The summed E-state index contributed by atoms with van der Waals surface area (Å²) >= 11 is 3.47. The second-order valence-electron chi connectivity index (χ2n) is 4.52. The average Bonchev–Trinajstić information content (AvgIpc) is 2.76. The van der Waals surface area contributed by atoms with Gasteiger partial charge in [-0.25, -0.2) is 0 Å². The van der Waals surface area contributed by atoms with E-state index >= 15 is 0 Å². The highest BCUT2D eigenvalue weighted by molar-refractivity contribution is 9.08. The first-order chi connectivity index (χ1) is 8.67. The SMILES string of the molecule is CCCn1c(CBr)nnc1-c1ccc(C)c(C)c1. The highest BCUT2D eigenvalue weighted by Gasteiger charge is 2.12. The van der Waals surface area contributed by atoms with Crippen molar-refractivity contribution in [3.63, 3.8) is 0 Å². The molecule has 0 unspecified atom stereocenters.